The van der Waals surface area contributed by atoms with E-state index in [4.69, 9.17) is 4.74 Å². The van der Waals surface area contributed by atoms with E-state index in [2.05, 4.69) is 11.0 Å². The topological polar surface area (TPSA) is 37.7 Å². The van der Waals surface area contributed by atoms with Crippen LogP contribution in [0, 0.1) is 6.92 Å². The smallest absolute Gasteiger partial charge is 0.192 e. The van der Waals surface area contributed by atoms with E-state index < -0.39 is 0 Å². The molecule has 0 unspecified atom stereocenters. The highest BCUT2D eigenvalue weighted by atomic mass is 16.5. The third-order valence-corrected chi connectivity index (χ3v) is 4.17. The molecule has 5 heteroatoms. The number of pyridine rings is 1. The molecule has 5 nitrogen and oxygen atoms in total. The highest BCUT2D eigenvalue weighted by molar-refractivity contribution is 5.80. The van der Waals surface area contributed by atoms with E-state index in [-0.39, 0.29) is 5.43 Å². The molecule has 22 heavy (non-hydrogen) atoms. The zero-order valence-corrected chi connectivity index (χ0v) is 13.5. The molecule has 0 saturated carbocycles. The van der Waals surface area contributed by atoms with Crippen LogP contribution < -0.4 is 10.4 Å². The Balaban J connectivity index is 2.01. The first-order valence-electron chi connectivity index (χ1n) is 7.69. The first-order chi connectivity index (χ1) is 10.6. The maximum Gasteiger partial charge on any atom is 0.192 e. The Hall–Kier alpha value is -1.85. The van der Waals surface area contributed by atoms with Crippen molar-refractivity contribution in [2.75, 3.05) is 45.4 Å². The number of rotatable bonds is 3. The summed E-state index contributed by atoms with van der Waals surface area (Å²) in [5, 5.41) is 2.77. The number of aryl methyl sites for hydroxylation is 1. The molecule has 2 heterocycles. The summed E-state index contributed by atoms with van der Waals surface area (Å²) in [4.78, 5) is 14.8. The summed E-state index contributed by atoms with van der Waals surface area (Å²) in [6, 6.07) is 6.21. The van der Waals surface area contributed by atoms with Gasteiger partial charge in [-0.3, -0.25) is 14.4 Å². The molecule has 1 aromatic carbocycles. The first-order valence-corrected chi connectivity index (χ1v) is 7.69. The third kappa shape index (κ3) is 2.87. The van der Waals surface area contributed by atoms with Crippen LogP contribution in [0.15, 0.2) is 29.2 Å². The Bertz CT molecular complexity index is 730. The lowest BCUT2D eigenvalue weighted by atomic mass is 10.1. The van der Waals surface area contributed by atoms with Crippen molar-refractivity contribution in [2.24, 2.45) is 0 Å². The summed E-state index contributed by atoms with van der Waals surface area (Å²) >= 11 is 0. The standard InChI is InChI=1S/C17H23N3O2/c1-13-11-20(18(2)3)16-5-4-14(10-15(16)17(13)21)12-19-6-8-22-9-7-19/h4-5,10-11H,6-9,12H2,1-3H3. The van der Waals surface area contributed by atoms with Crippen LogP contribution in [0.2, 0.25) is 0 Å². The van der Waals surface area contributed by atoms with E-state index in [1.54, 1.807) is 0 Å². The van der Waals surface area contributed by atoms with Crippen LogP contribution in [0.1, 0.15) is 11.1 Å². The van der Waals surface area contributed by atoms with Gasteiger partial charge in [0.15, 0.2) is 5.43 Å². The van der Waals surface area contributed by atoms with Gasteiger partial charge in [0.1, 0.15) is 0 Å². The monoisotopic (exact) mass is 301 g/mol. The summed E-state index contributed by atoms with van der Waals surface area (Å²) in [6.45, 7) is 6.23. The largest absolute Gasteiger partial charge is 0.379 e. The predicted molar refractivity (Wildman–Crippen MR) is 89.1 cm³/mol. The minimum absolute atomic E-state index is 0.122. The number of fused-ring (bicyclic) bond motifs is 1. The first kappa shape index (κ1) is 15.1. The van der Waals surface area contributed by atoms with Gasteiger partial charge in [-0.1, -0.05) is 6.07 Å². The van der Waals surface area contributed by atoms with Crippen molar-refractivity contribution in [1.29, 1.82) is 0 Å². The highest BCUT2D eigenvalue weighted by Gasteiger charge is 2.13. The van der Waals surface area contributed by atoms with E-state index in [1.165, 1.54) is 5.56 Å². The minimum atomic E-state index is 0.122. The molecule has 0 amide bonds. The molecular formula is C17H23N3O2. The lowest BCUT2D eigenvalue weighted by Crippen LogP contribution is -2.35. The van der Waals surface area contributed by atoms with Gasteiger partial charge in [0.05, 0.1) is 18.7 Å². The normalized spacial score (nSPS) is 16.1. The lowest BCUT2D eigenvalue weighted by molar-refractivity contribution is 0.0342. The number of ether oxygens (including phenoxy) is 1. The van der Waals surface area contributed by atoms with Crippen LogP contribution in [0.3, 0.4) is 0 Å². The van der Waals surface area contributed by atoms with E-state index >= 15 is 0 Å². The van der Waals surface area contributed by atoms with Crippen molar-refractivity contribution < 1.29 is 4.74 Å². The van der Waals surface area contributed by atoms with Crippen LogP contribution in [-0.4, -0.2) is 50.0 Å². The second-order valence-electron chi connectivity index (χ2n) is 6.07. The van der Waals surface area contributed by atoms with Crippen LogP contribution in [0.5, 0.6) is 0 Å². The van der Waals surface area contributed by atoms with Gasteiger partial charge in [-0.15, -0.1) is 0 Å². The van der Waals surface area contributed by atoms with Gasteiger partial charge in [-0.25, -0.2) is 0 Å². The van der Waals surface area contributed by atoms with Crippen molar-refractivity contribution in [3.63, 3.8) is 0 Å². The molecule has 1 aliphatic rings. The molecule has 0 N–H and O–H groups in total. The molecule has 1 aromatic heterocycles. The molecule has 0 atom stereocenters. The maximum atomic E-state index is 12.5. The molecule has 118 valence electrons. The second-order valence-corrected chi connectivity index (χ2v) is 6.07. The van der Waals surface area contributed by atoms with E-state index in [9.17, 15) is 4.79 Å². The molecule has 0 aliphatic carbocycles. The van der Waals surface area contributed by atoms with Crippen molar-refractivity contribution in [1.82, 2.24) is 9.58 Å². The van der Waals surface area contributed by atoms with Gasteiger partial charge in [0, 0.05) is 50.9 Å². The molecule has 2 aromatic rings. The number of benzene rings is 1. The molecule has 1 aliphatic heterocycles. The summed E-state index contributed by atoms with van der Waals surface area (Å²) in [5.41, 5.74) is 3.02. The van der Waals surface area contributed by atoms with Crippen LogP contribution in [0.4, 0.5) is 0 Å². The van der Waals surface area contributed by atoms with Gasteiger partial charge in [0.25, 0.3) is 0 Å². The quantitative estimate of drug-likeness (QED) is 0.857. The Morgan fingerprint density at radius 3 is 2.64 bits per heavy atom. The van der Waals surface area contributed by atoms with E-state index in [0.29, 0.717) is 0 Å². The number of hydrogen-bond donors (Lipinski definition) is 0. The second kappa shape index (κ2) is 6.10. The van der Waals surface area contributed by atoms with Crippen LogP contribution in [-0.2, 0) is 11.3 Å². The summed E-state index contributed by atoms with van der Waals surface area (Å²) in [6.07, 6.45) is 1.90. The number of hydrogen-bond acceptors (Lipinski definition) is 4. The van der Waals surface area contributed by atoms with Crippen LogP contribution in [0.25, 0.3) is 10.9 Å². The van der Waals surface area contributed by atoms with Crippen molar-refractivity contribution in [3.05, 3.63) is 45.7 Å². The fraction of sp³-hybridized carbons (Fsp3) is 0.471. The number of nitrogens with zero attached hydrogens (tertiary/aromatic N) is 3. The maximum absolute atomic E-state index is 12.5. The summed E-state index contributed by atoms with van der Waals surface area (Å²) < 4.78 is 7.40. The van der Waals surface area contributed by atoms with Crippen LogP contribution >= 0.6 is 0 Å². The Morgan fingerprint density at radius 1 is 1.23 bits per heavy atom. The molecule has 1 saturated heterocycles. The molecule has 0 spiro atoms. The van der Waals surface area contributed by atoms with E-state index in [1.807, 2.05) is 49.0 Å². The zero-order chi connectivity index (χ0) is 15.7. The number of morpholine rings is 1. The molecule has 3 rings (SSSR count). The van der Waals surface area contributed by atoms with Crippen molar-refractivity contribution in [3.8, 4) is 0 Å². The van der Waals surface area contributed by atoms with Gasteiger partial charge < -0.3 is 9.75 Å². The van der Waals surface area contributed by atoms with Crippen molar-refractivity contribution >= 4 is 10.9 Å². The lowest BCUT2D eigenvalue weighted by Gasteiger charge is -2.27. The average molecular weight is 301 g/mol. The van der Waals surface area contributed by atoms with Gasteiger partial charge in [-0.05, 0) is 24.6 Å². The summed E-state index contributed by atoms with van der Waals surface area (Å²) in [5.74, 6) is 0. The Morgan fingerprint density at radius 2 is 1.95 bits per heavy atom. The molecular weight excluding hydrogens is 278 g/mol. The Kier molecular flexibility index (Phi) is 4.18. The zero-order valence-electron chi connectivity index (χ0n) is 13.5. The van der Waals surface area contributed by atoms with Gasteiger partial charge in [0.2, 0.25) is 0 Å². The van der Waals surface area contributed by atoms with E-state index in [0.717, 1.165) is 49.3 Å². The van der Waals surface area contributed by atoms with Gasteiger partial charge in [-0.2, -0.15) is 0 Å². The number of aromatic nitrogens is 1. The van der Waals surface area contributed by atoms with Crippen molar-refractivity contribution in [2.45, 2.75) is 13.5 Å². The minimum Gasteiger partial charge on any atom is -0.379 e. The highest BCUT2D eigenvalue weighted by Crippen LogP contribution is 2.16. The summed E-state index contributed by atoms with van der Waals surface area (Å²) in [7, 11) is 3.95. The average Bonchev–Trinajstić information content (AvgIpc) is 2.52. The predicted octanol–water partition coefficient (Wildman–Crippen LogP) is 1.34. The molecule has 1 fully saturated rings. The fourth-order valence-corrected chi connectivity index (χ4v) is 2.94. The fourth-order valence-electron chi connectivity index (χ4n) is 2.94. The van der Waals surface area contributed by atoms with Gasteiger partial charge >= 0.3 is 0 Å². The third-order valence-electron chi connectivity index (χ3n) is 4.17. The molecule has 0 bridgehead atoms. The SMILES string of the molecule is Cc1cn(N(C)C)c2ccc(CN3CCOCC3)cc2c1=O. The molecule has 0 radical (unpaired) electrons. The Labute approximate surface area is 130 Å².